The second-order valence-electron chi connectivity index (χ2n) is 4.49. The Morgan fingerprint density at radius 1 is 1.35 bits per heavy atom. The number of rotatable bonds is 5. The summed E-state index contributed by atoms with van der Waals surface area (Å²) in [4.78, 5) is 10.6. The molecule has 1 aromatic carbocycles. The van der Waals surface area contributed by atoms with Crippen molar-refractivity contribution in [3.05, 3.63) is 24.3 Å². The summed E-state index contributed by atoms with van der Waals surface area (Å²) in [5.74, 6) is -3.53. The van der Waals surface area contributed by atoms with Crippen molar-refractivity contribution in [2.75, 3.05) is 11.9 Å². The Labute approximate surface area is 115 Å². The number of benzene rings is 1. The van der Waals surface area contributed by atoms with E-state index < -0.39 is 20.5 Å². The van der Waals surface area contributed by atoms with E-state index in [9.17, 15) is 22.0 Å². The van der Waals surface area contributed by atoms with E-state index in [1.165, 1.54) is 12.1 Å². The quantitative estimate of drug-likeness (QED) is 0.861. The Balaban J connectivity index is 2.14. The van der Waals surface area contributed by atoms with Gasteiger partial charge in [0, 0.05) is 19.0 Å². The van der Waals surface area contributed by atoms with Crippen LogP contribution in [-0.4, -0.2) is 32.7 Å². The second-order valence-corrected chi connectivity index (χ2v) is 6.37. The van der Waals surface area contributed by atoms with Crippen molar-refractivity contribution in [2.45, 2.75) is 29.5 Å². The van der Waals surface area contributed by atoms with Crippen LogP contribution in [0.4, 0.5) is 14.5 Å². The van der Waals surface area contributed by atoms with Crippen LogP contribution in [0.1, 0.15) is 12.8 Å². The van der Waals surface area contributed by atoms with Gasteiger partial charge in [0.1, 0.15) is 0 Å². The van der Waals surface area contributed by atoms with Crippen LogP contribution in [0, 0.1) is 0 Å². The third kappa shape index (κ3) is 3.06. The first-order valence-corrected chi connectivity index (χ1v) is 7.60. The van der Waals surface area contributed by atoms with Crippen molar-refractivity contribution in [3.63, 3.8) is 0 Å². The molecular formula is C12H14F2N2O3S. The van der Waals surface area contributed by atoms with E-state index in [2.05, 4.69) is 10.6 Å². The van der Waals surface area contributed by atoms with E-state index in [-0.39, 0.29) is 17.6 Å². The lowest BCUT2D eigenvalue weighted by Crippen LogP contribution is -2.32. The van der Waals surface area contributed by atoms with Crippen molar-refractivity contribution in [3.8, 4) is 0 Å². The molecule has 2 N–H and O–H groups in total. The largest absolute Gasteiger partial charge is 0.382 e. The van der Waals surface area contributed by atoms with Crippen LogP contribution in [0.5, 0.6) is 0 Å². The molecule has 2 rings (SSSR count). The average Bonchev–Trinajstić information content (AvgIpc) is 2.82. The number of hydrogen-bond donors (Lipinski definition) is 2. The summed E-state index contributed by atoms with van der Waals surface area (Å²) in [6.45, 7) is 0.293. The van der Waals surface area contributed by atoms with Crippen molar-refractivity contribution in [1.29, 1.82) is 0 Å². The molecule has 0 aliphatic carbocycles. The van der Waals surface area contributed by atoms with Crippen LogP contribution in [0.25, 0.3) is 0 Å². The highest BCUT2D eigenvalue weighted by atomic mass is 32.2. The molecule has 1 atom stereocenters. The zero-order valence-corrected chi connectivity index (χ0v) is 11.3. The Hall–Kier alpha value is -1.70. The minimum absolute atomic E-state index is 0.0645. The van der Waals surface area contributed by atoms with E-state index in [0.717, 1.165) is 6.07 Å². The van der Waals surface area contributed by atoms with Gasteiger partial charge in [-0.15, -0.1) is 0 Å². The van der Waals surface area contributed by atoms with Crippen LogP contribution < -0.4 is 10.6 Å². The van der Waals surface area contributed by atoms with E-state index in [1.54, 1.807) is 6.07 Å². The Kier molecular flexibility index (Phi) is 4.22. The molecule has 1 aliphatic rings. The maximum Gasteiger partial charge on any atom is 0.341 e. The van der Waals surface area contributed by atoms with Gasteiger partial charge in [0.2, 0.25) is 15.7 Å². The lowest BCUT2D eigenvalue weighted by Gasteiger charge is -2.15. The lowest BCUT2D eigenvalue weighted by molar-refractivity contribution is -0.119. The van der Waals surface area contributed by atoms with Crippen molar-refractivity contribution in [2.24, 2.45) is 0 Å². The maximum absolute atomic E-state index is 12.6. The predicted octanol–water partition coefficient (Wildman–Crippen LogP) is 1.37. The molecule has 1 unspecified atom stereocenters. The van der Waals surface area contributed by atoms with E-state index in [4.69, 9.17) is 0 Å². The first kappa shape index (κ1) is 14.7. The summed E-state index contributed by atoms with van der Waals surface area (Å²) in [7, 11) is -4.65. The maximum atomic E-state index is 12.6. The van der Waals surface area contributed by atoms with Gasteiger partial charge in [0.25, 0.3) is 0 Å². The van der Waals surface area contributed by atoms with Crippen LogP contribution in [-0.2, 0) is 14.6 Å². The van der Waals surface area contributed by atoms with Crippen molar-refractivity contribution >= 4 is 21.4 Å². The molecule has 0 spiro atoms. The van der Waals surface area contributed by atoms with Gasteiger partial charge in [-0.1, -0.05) is 12.1 Å². The number of para-hydroxylation sites is 1. The van der Waals surface area contributed by atoms with E-state index in [1.807, 2.05) is 0 Å². The molecule has 110 valence electrons. The van der Waals surface area contributed by atoms with Gasteiger partial charge in [-0.2, -0.15) is 8.78 Å². The average molecular weight is 304 g/mol. The molecule has 0 saturated carbocycles. The number of sulfone groups is 1. The predicted molar refractivity (Wildman–Crippen MR) is 69.3 cm³/mol. The number of hydrogen-bond acceptors (Lipinski definition) is 4. The smallest absolute Gasteiger partial charge is 0.341 e. The van der Waals surface area contributed by atoms with Gasteiger partial charge in [-0.3, -0.25) is 4.79 Å². The minimum Gasteiger partial charge on any atom is -0.382 e. The van der Waals surface area contributed by atoms with Crippen LogP contribution in [0.3, 0.4) is 0 Å². The minimum atomic E-state index is -4.65. The molecule has 20 heavy (non-hydrogen) atoms. The van der Waals surface area contributed by atoms with Crippen LogP contribution >= 0.6 is 0 Å². The van der Waals surface area contributed by atoms with Gasteiger partial charge in [-0.25, -0.2) is 8.42 Å². The highest BCUT2D eigenvalue weighted by molar-refractivity contribution is 7.91. The fourth-order valence-electron chi connectivity index (χ4n) is 2.02. The Bertz CT molecular complexity index is 604. The first-order valence-electron chi connectivity index (χ1n) is 6.05. The summed E-state index contributed by atoms with van der Waals surface area (Å²) >= 11 is 0. The molecule has 0 bridgehead atoms. The molecule has 1 aromatic rings. The SMILES string of the molecule is O=C1CCC(CNc2ccccc2S(=O)(=O)C(F)F)N1. The number of carbonyl (C=O) groups excluding carboxylic acids is 1. The standard InChI is InChI=1S/C12H14F2N2O3S/c13-12(14)20(18,19)10-4-2-1-3-9(10)15-7-8-5-6-11(17)16-8/h1-4,8,12,15H,5-7H2,(H,16,17). The van der Waals surface area contributed by atoms with E-state index in [0.29, 0.717) is 19.4 Å². The summed E-state index contributed by atoms with van der Waals surface area (Å²) in [6.07, 6.45) is 1.05. The number of halogens is 2. The molecule has 1 aliphatic heterocycles. The molecule has 0 radical (unpaired) electrons. The summed E-state index contributed by atoms with van der Waals surface area (Å²) in [5.41, 5.74) is 0.119. The number of anilines is 1. The number of amides is 1. The Morgan fingerprint density at radius 3 is 2.65 bits per heavy atom. The number of alkyl halides is 2. The molecular weight excluding hydrogens is 290 g/mol. The Morgan fingerprint density at radius 2 is 2.05 bits per heavy atom. The topological polar surface area (TPSA) is 75.3 Å². The van der Waals surface area contributed by atoms with E-state index >= 15 is 0 Å². The van der Waals surface area contributed by atoms with Gasteiger partial charge < -0.3 is 10.6 Å². The zero-order chi connectivity index (χ0) is 14.8. The van der Waals surface area contributed by atoms with Crippen molar-refractivity contribution < 1.29 is 22.0 Å². The monoisotopic (exact) mass is 304 g/mol. The molecule has 1 amide bonds. The first-order chi connectivity index (χ1) is 9.41. The highest BCUT2D eigenvalue weighted by Gasteiger charge is 2.29. The fourth-order valence-corrected chi connectivity index (χ4v) is 2.93. The summed E-state index contributed by atoms with van der Waals surface area (Å²) < 4.78 is 48.3. The van der Waals surface area contributed by atoms with Crippen LogP contribution in [0.15, 0.2) is 29.2 Å². The van der Waals surface area contributed by atoms with Gasteiger partial charge >= 0.3 is 5.76 Å². The number of nitrogens with one attached hydrogen (secondary N) is 2. The molecule has 5 nitrogen and oxygen atoms in total. The summed E-state index contributed by atoms with van der Waals surface area (Å²) in [5, 5.41) is 5.52. The fraction of sp³-hybridized carbons (Fsp3) is 0.417. The van der Waals surface area contributed by atoms with Crippen LogP contribution in [0.2, 0.25) is 0 Å². The van der Waals surface area contributed by atoms with Gasteiger partial charge in [-0.05, 0) is 18.6 Å². The highest BCUT2D eigenvalue weighted by Crippen LogP contribution is 2.26. The molecule has 8 heteroatoms. The molecule has 1 heterocycles. The van der Waals surface area contributed by atoms with Gasteiger partial charge in [0.15, 0.2) is 0 Å². The molecule has 1 fully saturated rings. The van der Waals surface area contributed by atoms with Gasteiger partial charge in [0.05, 0.1) is 10.6 Å². The van der Waals surface area contributed by atoms with Crippen molar-refractivity contribution in [1.82, 2.24) is 5.32 Å². The zero-order valence-electron chi connectivity index (χ0n) is 10.5. The lowest BCUT2D eigenvalue weighted by atomic mass is 10.2. The molecule has 0 aromatic heterocycles. The second kappa shape index (κ2) is 5.74. The third-order valence-corrected chi connectivity index (χ3v) is 4.49. The normalized spacial score (nSPS) is 19.1. The number of carbonyl (C=O) groups is 1. The third-order valence-electron chi connectivity index (χ3n) is 3.05. The summed E-state index contributed by atoms with van der Waals surface area (Å²) in [6, 6.07) is 5.38. The molecule has 1 saturated heterocycles.